The minimum Gasteiger partial charge on any atom is -0.465 e. The minimum atomic E-state index is -0.552. The van der Waals surface area contributed by atoms with E-state index in [1.807, 2.05) is 12.1 Å². The molecule has 0 radical (unpaired) electrons. The Hall–Kier alpha value is -2.78. The SMILES string of the molecule is COC(=O)c1ccc(NC(=O)COC(=O)c2ccccc2CSC2=NCCS2)cc1. The van der Waals surface area contributed by atoms with Gasteiger partial charge in [0.2, 0.25) is 0 Å². The van der Waals surface area contributed by atoms with Crippen LogP contribution in [0.15, 0.2) is 53.5 Å². The van der Waals surface area contributed by atoms with E-state index in [0.29, 0.717) is 22.6 Å². The first-order valence-corrected chi connectivity index (χ1v) is 11.1. The van der Waals surface area contributed by atoms with E-state index in [9.17, 15) is 14.4 Å². The van der Waals surface area contributed by atoms with Crippen molar-refractivity contribution < 1.29 is 23.9 Å². The molecule has 2 aromatic rings. The predicted octanol–water partition coefficient (Wildman–Crippen LogP) is 3.60. The van der Waals surface area contributed by atoms with Crippen LogP contribution in [0.2, 0.25) is 0 Å². The van der Waals surface area contributed by atoms with Crippen LogP contribution in [0.4, 0.5) is 5.69 Å². The third kappa shape index (κ3) is 6.11. The lowest BCUT2D eigenvalue weighted by atomic mass is 10.1. The van der Waals surface area contributed by atoms with Crippen molar-refractivity contribution in [2.45, 2.75) is 5.75 Å². The zero-order valence-electron chi connectivity index (χ0n) is 16.3. The molecule has 9 heteroatoms. The maximum absolute atomic E-state index is 12.5. The normalized spacial score (nSPS) is 12.8. The van der Waals surface area contributed by atoms with E-state index in [0.717, 1.165) is 22.2 Å². The van der Waals surface area contributed by atoms with Crippen molar-refractivity contribution in [1.29, 1.82) is 0 Å². The summed E-state index contributed by atoms with van der Waals surface area (Å²) in [4.78, 5) is 40.4. The summed E-state index contributed by atoms with van der Waals surface area (Å²) in [5, 5.41) is 2.62. The Balaban J connectivity index is 1.52. The summed E-state index contributed by atoms with van der Waals surface area (Å²) < 4.78 is 10.8. The second kappa shape index (κ2) is 10.8. The molecule has 1 aliphatic heterocycles. The molecule has 0 saturated heterocycles. The Kier molecular flexibility index (Phi) is 7.92. The molecule has 1 heterocycles. The van der Waals surface area contributed by atoms with Gasteiger partial charge in [0.15, 0.2) is 6.61 Å². The van der Waals surface area contributed by atoms with E-state index in [4.69, 9.17) is 4.74 Å². The summed E-state index contributed by atoms with van der Waals surface area (Å²) in [5.41, 5.74) is 2.12. The van der Waals surface area contributed by atoms with Crippen LogP contribution in [-0.2, 0) is 20.0 Å². The number of aliphatic imine (C=N–C) groups is 1. The second-order valence-electron chi connectivity index (χ2n) is 6.14. The molecule has 7 nitrogen and oxygen atoms in total. The van der Waals surface area contributed by atoms with E-state index in [1.165, 1.54) is 19.2 Å². The summed E-state index contributed by atoms with van der Waals surface area (Å²) >= 11 is 3.31. The van der Waals surface area contributed by atoms with Crippen molar-refractivity contribution in [1.82, 2.24) is 0 Å². The molecule has 0 aliphatic carbocycles. The lowest BCUT2D eigenvalue weighted by Gasteiger charge is -2.10. The van der Waals surface area contributed by atoms with E-state index in [-0.39, 0.29) is 0 Å². The van der Waals surface area contributed by atoms with Gasteiger partial charge in [0.1, 0.15) is 4.38 Å². The van der Waals surface area contributed by atoms with Crippen LogP contribution in [0, 0.1) is 0 Å². The molecule has 156 valence electrons. The van der Waals surface area contributed by atoms with Gasteiger partial charge < -0.3 is 14.8 Å². The number of anilines is 1. The summed E-state index contributed by atoms with van der Waals surface area (Å²) in [6.07, 6.45) is 0. The quantitative estimate of drug-likeness (QED) is 0.652. The third-order valence-electron chi connectivity index (χ3n) is 4.07. The molecule has 1 aliphatic rings. The molecule has 0 unspecified atom stereocenters. The summed E-state index contributed by atoms with van der Waals surface area (Å²) in [6.45, 7) is 0.416. The number of hydrogen-bond acceptors (Lipinski definition) is 8. The number of hydrogen-bond donors (Lipinski definition) is 1. The van der Waals surface area contributed by atoms with Gasteiger partial charge in [-0.3, -0.25) is 9.79 Å². The molecule has 0 spiro atoms. The average molecular weight is 445 g/mol. The molecule has 0 aromatic heterocycles. The van der Waals surface area contributed by atoms with Crippen LogP contribution in [0.25, 0.3) is 0 Å². The fourth-order valence-electron chi connectivity index (χ4n) is 2.60. The fraction of sp³-hybridized carbons (Fsp3) is 0.238. The first-order valence-electron chi connectivity index (χ1n) is 9.10. The van der Waals surface area contributed by atoms with E-state index >= 15 is 0 Å². The summed E-state index contributed by atoms with van der Waals surface area (Å²) in [6, 6.07) is 13.4. The lowest BCUT2D eigenvalue weighted by Crippen LogP contribution is -2.21. The van der Waals surface area contributed by atoms with Crippen LogP contribution in [-0.4, -0.2) is 48.2 Å². The van der Waals surface area contributed by atoms with Gasteiger partial charge in [0, 0.05) is 17.2 Å². The number of esters is 2. The maximum Gasteiger partial charge on any atom is 0.338 e. The Morgan fingerprint density at radius 2 is 1.87 bits per heavy atom. The summed E-state index contributed by atoms with van der Waals surface area (Å²) in [5.74, 6) is 0.112. The lowest BCUT2D eigenvalue weighted by molar-refractivity contribution is -0.119. The van der Waals surface area contributed by atoms with Gasteiger partial charge >= 0.3 is 11.9 Å². The van der Waals surface area contributed by atoms with E-state index in [1.54, 1.807) is 47.8 Å². The van der Waals surface area contributed by atoms with Crippen molar-refractivity contribution in [2.75, 3.05) is 31.3 Å². The molecule has 3 rings (SSSR count). The summed E-state index contributed by atoms with van der Waals surface area (Å²) in [7, 11) is 1.30. The molecular formula is C21H20N2O5S2. The van der Waals surface area contributed by atoms with Crippen molar-refractivity contribution in [3.63, 3.8) is 0 Å². The highest BCUT2D eigenvalue weighted by Crippen LogP contribution is 2.26. The molecule has 0 fully saturated rings. The smallest absolute Gasteiger partial charge is 0.338 e. The minimum absolute atomic E-state index is 0.373. The van der Waals surface area contributed by atoms with Crippen LogP contribution in [0.5, 0.6) is 0 Å². The Morgan fingerprint density at radius 1 is 1.10 bits per heavy atom. The number of nitrogens with one attached hydrogen (secondary N) is 1. The molecule has 30 heavy (non-hydrogen) atoms. The number of nitrogens with zero attached hydrogens (tertiary/aromatic N) is 1. The van der Waals surface area contributed by atoms with Crippen LogP contribution < -0.4 is 5.32 Å². The molecule has 0 atom stereocenters. The van der Waals surface area contributed by atoms with Gasteiger partial charge in [-0.1, -0.05) is 41.7 Å². The number of carbonyl (C=O) groups is 3. The largest absolute Gasteiger partial charge is 0.465 e. The van der Waals surface area contributed by atoms with E-state index in [2.05, 4.69) is 15.0 Å². The molecule has 2 aromatic carbocycles. The van der Waals surface area contributed by atoms with Crippen molar-refractivity contribution in [3.05, 3.63) is 65.2 Å². The highest BCUT2D eigenvalue weighted by atomic mass is 32.2. The number of ether oxygens (including phenoxy) is 2. The molecule has 1 amide bonds. The highest BCUT2D eigenvalue weighted by molar-refractivity contribution is 8.38. The molecule has 0 bridgehead atoms. The zero-order chi connectivity index (χ0) is 21.3. The number of amides is 1. The van der Waals surface area contributed by atoms with Gasteiger partial charge in [0.25, 0.3) is 5.91 Å². The van der Waals surface area contributed by atoms with Crippen molar-refractivity contribution in [2.24, 2.45) is 4.99 Å². The first kappa shape index (κ1) is 21.9. The Bertz CT molecular complexity index is 960. The van der Waals surface area contributed by atoms with Gasteiger partial charge in [-0.2, -0.15) is 0 Å². The van der Waals surface area contributed by atoms with Crippen LogP contribution in [0.3, 0.4) is 0 Å². The number of benzene rings is 2. The average Bonchev–Trinajstić information content (AvgIpc) is 3.30. The Morgan fingerprint density at radius 3 is 2.57 bits per heavy atom. The van der Waals surface area contributed by atoms with Crippen LogP contribution >= 0.6 is 23.5 Å². The fourth-order valence-corrected chi connectivity index (χ4v) is 4.61. The monoisotopic (exact) mass is 444 g/mol. The standard InChI is InChI=1S/C21H20N2O5S2/c1-27-19(25)14-6-8-16(9-7-14)23-18(24)12-28-20(26)17-5-3-2-4-15(17)13-30-21-22-10-11-29-21/h2-9H,10-13H2,1H3,(H,23,24). The second-order valence-corrected chi connectivity index (χ2v) is 8.44. The number of carbonyl (C=O) groups excluding carboxylic acids is 3. The molecule has 1 N–H and O–H groups in total. The molecule has 0 saturated carbocycles. The Labute approximate surface area is 182 Å². The molecular weight excluding hydrogens is 424 g/mol. The number of thioether (sulfide) groups is 2. The van der Waals surface area contributed by atoms with Gasteiger partial charge in [-0.15, -0.1) is 0 Å². The van der Waals surface area contributed by atoms with Gasteiger partial charge in [-0.25, -0.2) is 9.59 Å². The zero-order valence-corrected chi connectivity index (χ0v) is 17.9. The number of methoxy groups -OCH3 is 1. The van der Waals surface area contributed by atoms with Crippen LogP contribution in [0.1, 0.15) is 26.3 Å². The van der Waals surface area contributed by atoms with Crippen molar-refractivity contribution >= 4 is 51.4 Å². The van der Waals surface area contributed by atoms with E-state index < -0.39 is 24.5 Å². The highest BCUT2D eigenvalue weighted by Gasteiger charge is 2.16. The maximum atomic E-state index is 12.5. The topological polar surface area (TPSA) is 94.1 Å². The number of rotatable bonds is 7. The van der Waals surface area contributed by atoms with Gasteiger partial charge in [-0.05, 0) is 35.9 Å². The van der Waals surface area contributed by atoms with Gasteiger partial charge in [0.05, 0.1) is 24.8 Å². The third-order valence-corrected chi connectivity index (χ3v) is 6.37. The first-order chi connectivity index (χ1) is 14.6. The predicted molar refractivity (Wildman–Crippen MR) is 119 cm³/mol. The van der Waals surface area contributed by atoms with Crippen molar-refractivity contribution in [3.8, 4) is 0 Å².